The van der Waals surface area contributed by atoms with Crippen LogP contribution in [0.5, 0.6) is 0 Å². The predicted molar refractivity (Wildman–Crippen MR) is 90.0 cm³/mol. The maximum Gasteiger partial charge on any atom is 0.0805 e. The zero-order valence-electron chi connectivity index (χ0n) is 14.4. The van der Waals surface area contributed by atoms with Gasteiger partial charge in [0, 0.05) is 31.4 Å². The molecule has 0 saturated carbocycles. The molecule has 3 heteroatoms. The summed E-state index contributed by atoms with van der Waals surface area (Å²) >= 11 is 0. The first-order valence-corrected chi connectivity index (χ1v) is 8.02. The second-order valence-electron chi connectivity index (χ2n) is 7.24. The summed E-state index contributed by atoms with van der Waals surface area (Å²) in [5, 5.41) is 3.54. The number of anilines is 1. The Balaban J connectivity index is 2.25. The normalized spacial score (nSPS) is 21.9. The van der Waals surface area contributed by atoms with Crippen LogP contribution in [0, 0.1) is 6.92 Å². The zero-order chi connectivity index (χ0) is 15.6. The van der Waals surface area contributed by atoms with Gasteiger partial charge in [0.15, 0.2) is 0 Å². The molecule has 1 atom stereocenters. The second-order valence-corrected chi connectivity index (χ2v) is 7.24. The van der Waals surface area contributed by atoms with E-state index in [1.807, 2.05) is 0 Å². The van der Waals surface area contributed by atoms with E-state index >= 15 is 0 Å². The summed E-state index contributed by atoms with van der Waals surface area (Å²) < 4.78 is 6.03. The van der Waals surface area contributed by atoms with E-state index in [1.54, 1.807) is 0 Å². The summed E-state index contributed by atoms with van der Waals surface area (Å²) in [6.07, 6.45) is 0.265. The van der Waals surface area contributed by atoms with Gasteiger partial charge in [0.2, 0.25) is 0 Å². The van der Waals surface area contributed by atoms with Crippen LogP contribution in [-0.2, 0) is 11.3 Å². The third-order valence-electron chi connectivity index (χ3n) is 3.85. The minimum absolute atomic E-state index is 0.0920. The van der Waals surface area contributed by atoms with E-state index in [2.05, 4.69) is 70.0 Å². The van der Waals surface area contributed by atoms with Crippen LogP contribution in [0.1, 0.15) is 45.7 Å². The molecule has 0 aliphatic carbocycles. The van der Waals surface area contributed by atoms with Crippen molar-refractivity contribution in [2.75, 3.05) is 18.0 Å². The van der Waals surface area contributed by atoms with Gasteiger partial charge in [-0.25, -0.2) is 0 Å². The first kappa shape index (κ1) is 16.3. The molecule has 0 bridgehead atoms. The molecule has 0 amide bonds. The molecule has 0 radical (unpaired) electrons. The van der Waals surface area contributed by atoms with Gasteiger partial charge in [0.05, 0.1) is 11.7 Å². The third kappa shape index (κ3) is 4.45. The Morgan fingerprint density at radius 3 is 2.71 bits per heavy atom. The van der Waals surface area contributed by atoms with E-state index in [0.29, 0.717) is 6.04 Å². The van der Waals surface area contributed by atoms with Gasteiger partial charge in [-0.3, -0.25) is 0 Å². The molecule has 1 aliphatic rings. The van der Waals surface area contributed by atoms with Gasteiger partial charge in [-0.05, 0) is 39.3 Å². The van der Waals surface area contributed by atoms with Crippen LogP contribution < -0.4 is 10.2 Å². The van der Waals surface area contributed by atoms with Crippen molar-refractivity contribution in [3.63, 3.8) is 0 Å². The number of benzene rings is 1. The molecule has 1 saturated heterocycles. The molecule has 1 fully saturated rings. The maximum atomic E-state index is 6.03. The second kappa shape index (κ2) is 6.37. The van der Waals surface area contributed by atoms with E-state index in [4.69, 9.17) is 4.74 Å². The molecular formula is C18H30N2O. The molecule has 1 aromatic rings. The third-order valence-corrected chi connectivity index (χ3v) is 3.85. The van der Waals surface area contributed by atoms with Gasteiger partial charge in [-0.15, -0.1) is 0 Å². The van der Waals surface area contributed by atoms with Crippen LogP contribution in [0.3, 0.4) is 0 Å². The largest absolute Gasteiger partial charge is 0.369 e. The van der Waals surface area contributed by atoms with Crippen LogP contribution >= 0.6 is 0 Å². The monoisotopic (exact) mass is 290 g/mol. The van der Waals surface area contributed by atoms with Crippen molar-refractivity contribution in [1.29, 1.82) is 0 Å². The molecule has 0 spiro atoms. The van der Waals surface area contributed by atoms with Gasteiger partial charge >= 0.3 is 0 Å². The van der Waals surface area contributed by atoms with E-state index in [0.717, 1.165) is 19.6 Å². The summed E-state index contributed by atoms with van der Waals surface area (Å²) in [5.41, 5.74) is 3.95. The molecule has 1 N–H and O–H groups in total. The Morgan fingerprint density at radius 1 is 1.38 bits per heavy atom. The molecule has 21 heavy (non-hydrogen) atoms. The lowest BCUT2D eigenvalue weighted by atomic mass is 10.0. The van der Waals surface area contributed by atoms with Crippen molar-refractivity contribution in [2.45, 2.75) is 65.8 Å². The average Bonchev–Trinajstić information content (AvgIpc) is 2.33. The topological polar surface area (TPSA) is 24.5 Å². The Labute approximate surface area is 129 Å². The zero-order valence-corrected chi connectivity index (χ0v) is 14.4. The number of nitrogens with one attached hydrogen (secondary N) is 1. The van der Waals surface area contributed by atoms with Crippen molar-refractivity contribution in [3.05, 3.63) is 29.3 Å². The molecule has 1 unspecified atom stereocenters. The molecule has 1 aliphatic heterocycles. The quantitative estimate of drug-likeness (QED) is 0.918. The fourth-order valence-corrected chi connectivity index (χ4v) is 3.12. The number of ether oxygens (including phenoxy) is 1. The minimum atomic E-state index is -0.0920. The van der Waals surface area contributed by atoms with E-state index in [1.165, 1.54) is 16.8 Å². The summed E-state index contributed by atoms with van der Waals surface area (Å²) in [7, 11) is 0. The van der Waals surface area contributed by atoms with Crippen molar-refractivity contribution < 1.29 is 4.74 Å². The van der Waals surface area contributed by atoms with Crippen LogP contribution in [0.15, 0.2) is 18.2 Å². The first-order valence-electron chi connectivity index (χ1n) is 8.02. The highest BCUT2D eigenvalue weighted by Gasteiger charge is 2.32. The van der Waals surface area contributed by atoms with Crippen molar-refractivity contribution in [1.82, 2.24) is 5.32 Å². The standard InChI is InChI=1S/C18H30N2O/c1-13(2)19-10-16-9-14(3)7-8-17(16)20-11-15(4)21-18(5,6)12-20/h7-9,13,15,19H,10-12H2,1-6H3. The Hall–Kier alpha value is -1.06. The van der Waals surface area contributed by atoms with Gasteiger partial charge in [-0.1, -0.05) is 31.5 Å². The highest BCUT2D eigenvalue weighted by Crippen LogP contribution is 2.29. The summed E-state index contributed by atoms with van der Waals surface area (Å²) in [5.74, 6) is 0. The number of hydrogen-bond acceptors (Lipinski definition) is 3. The van der Waals surface area contributed by atoms with Crippen LogP contribution in [0.25, 0.3) is 0 Å². The molecule has 2 rings (SSSR count). The Bertz CT molecular complexity index is 482. The lowest BCUT2D eigenvalue weighted by Gasteiger charge is -2.43. The molecular weight excluding hydrogens is 260 g/mol. The summed E-state index contributed by atoms with van der Waals surface area (Å²) in [6, 6.07) is 7.28. The fourth-order valence-electron chi connectivity index (χ4n) is 3.12. The predicted octanol–water partition coefficient (Wildman–Crippen LogP) is 3.50. The Morgan fingerprint density at radius 2 is 2.10 bits per heavy atom. The van der Waals surface area contributed by atoms with Gasteiger partial charge in [0.1, 0.15) is 0 Å². The SMILES string of the molecule is Cc1ccc(N2CC(C)OC(C)(C)C2)c(CNC(C)C)c1. The van der Waals surface area contributed by atoms with E-state index in [-0.39, 0.29) is 11.7 Å². The lowest BCUT2D eigenvalue weighted by molar-refractivity contribution is -0.0750. The number of morpholine rings is 1. The molecule has 3 nitrogen and oxygen atoms in total. The molecule has 1 heterocycles. The number of nitrogens with zero attached hydrogens (tertiary/aromatic N) is 1. The van der Waals surface area contributed by atoms with Crippen molar-refractivity contribution >= 4 is 5.69 Å². The smallest absolute Gasteiger partial charge is 0.0805 e. The summed E-state index contributed by atoms with van der Waals surface area (Å²) in [4.78, 5) is 2.48. The number of hydrogen-bond donors (Lipinski definition) is 1. The number of aryl methyl sites for hydroxylation is 1. The van der Waals surface area contributed by atoms with Gasteiger partial charge in [-0.2, -0.15) is 0 Å². The van der Waals surface area contributed by atoms with Crippen molar-refractivity contribution in [2.24, 2.45) is 0 Å². The molecule has 118 valence electrons. The van der Waals surface area contributed by atoms with E-state index in [9.17, 15) is 0 Å². The minimum Gasteiger partial charge on any atom is -0.369 e. The molecule has 0 aromatic heterocycles. The van der Waals surface area contributed by atoms with E-state index < -0.39 is 0 Å². The van der Waals surface area contributed by atoms with Gasteiger partial charge in [0.25, 0.3) is 0 Å². The summed E-state index contributed by atoms with van der Waals surface area (Å²) in [6.45, 7) is 15.9. The number of rotatable bonds is 4. The highest BCUT2D eigenvalue weighted by atomic mass is 16.5. The van der Waals surface area contributed by atoms with Crippen LogP contribution in [0.2, 0.25) is 0 Å². The van der Waals surface area contributed by atoms with Crippen LogP contribution in [-0.4, -0.2) is 30.8 Å². The first-order chi connectivity index (χ1) is 9.77. The Kier molecular flexibility index (Phi) is 4.95. The lowest BCUT2D eigenvalue weighted by Crippen LogP contribution is -2.52. The van der Waals surface area contributed by atoms with Gasteiger partial charge < -0.3 is 15.0 Å². The van der Waals surface area contributed by atoms with Crippen molar-refractivity contribution in [3.8, 4) is 0 Å². The average molecular weight is 290 g/mol. The fraction of sp³-hybridized carbons (Fsp3) is 0.667. The highest BCUT2D eigenvalue weighted by molar-refractivity contribution is 5.55. The van der Waals surface area contributed by atoms with Crippen LogP contribution in [0.4, 0.5) is 5.69 Å². The molecule has 1 aromatic carbocycles. The maximum absolute atomic E-state index is 6.03.